The molecular formula is C15H25NO3. The van der Waals surface area contributed by atoms with Crippen LogP contribution in [0.2, 0.25) is 0 Å². The van der Waals surface area contributed by atoms with Crippen molar-refractivity contribution in [2.24, 2.45) is 0 Å². The van der Waals surface area contributed by atoms with E-state index >= 15 is 0 Å². The van der Waals surface area contributed by atoms with Gasteiger partial charge in [0.1, 0.15) is 5.76 Å². The van der Waals surface area contributed by atoms with Gasteiger partial charge in [0.2, 0.25) is 0 Å². The number of carboxylic acids is 1. The smallest absolute Gasteiger partial charge is 0.303 e. The van der Waals surface area contributed by atoms with Gasteiger partial charge in [0.25, 0.3) is 0 Å². The molecule has 4 heteroatoms. The molecule has 0 aromatic carbocycles. The molecule has 19 heavy (non-hydrogen) atoms. The van der Waals surface area contributed by atoms with Gasteiger partial charge in [0, 0.05) is 13.3 Å². The second kappa shape index (κ2) is 8.73. The van der Waals surface area contributed by atoms with Gasteiger partial charge in [0.15, 0.2) is 5.89 Å². The molecule has 0 aliphatic carbocycles. The maximum Gasteiger partial charge on any atom is 0.303 e. The Balaban J connectivity index is 1.94. The summed E-state index contributed by atoms with van der Waals surface area (Å²) in [5.74, 6) is 1.02. The van der Waals surface area contributed by atoms with E-state index in [4.69, 9.17) is 9.52 Å². The standard InChI is InChI=1S/C15H25NO3/c1-12-14(16-13(2)19-12)10-8-6-4-3-5-7-9-11-15(17)18/h3-11H2,1-2H3,(H,17,18). The van der Waals surface area contributed by atoms with Gasteiger partial charge in [-0.2, -0.15) is 0 Å². The van der Waals surface area contributed by atoms with E-state index in [-0.39, 0.29) is 0 Å². The third kappa shape index (κ3) is 6.99. The van der Waals surface area contributed by atoms with Crippen molar-refractivity contribution in [1.82, 2.24) is 4.98 Å². The van der Waals surface area contributed by atoms with Crippen molar-refractivity contribution in [3.8, 4) is 0 Å². The van der Waals surface area contributed by atoms with Crippen LogP contribution in [0.1, 0.15) is 68.7 Å². The van der Waals surface area contributed by atoms with Crippen molar-refractivity contribution in [2.75, 3.05) is 0 Å². The van der Waals surface area contributed by atoms with Crippen molar-refractivity contribution in [2.45, 2.75) is 71.6 Å². The summed E-state index contributed by atoms with van der Waals surface area (Å²) < 4.78 is 5.40. The van der Waals surface area contributed by atoms with Gasteiger partial charge >= 0.3 is 5.97 Å². The number of carboxylic acid groups (broad SMARTS) is 1. The molecule has 0 radical (unpaired) electrons. The maximum atomic E-state index is 10.3. The van der Waals surface area contributed by atoms with Gasteiger partial charge in [0.05, 0.1) is 5.69 Å². The second-order valence-electron chi connectivity index (χ2n) is 5.10. The van der Waals surface area contributed by atoms with E-state index in [1.165, 1.54) is 19.3 Å². The van der Waals surface area contributed by atoms with E-state index in [1.54, 1.807) is 0 Å². The number of aliphatic carboxylic acids is 1. The molecule has 4 nitrogen and oxygen atoms in total. The van der Waals surface area contributed by atoms with Crippen LogP contribution in [0.25, 0.3) is 0 Å². The van der Waals surface area contributed by atoms with E-state index < -0.39 is 5.97 Å². The zero-order valence-electron chi connectivity index (χ0n) is 12.1. The number of hydrogen-bond donors (Lipinski definition) is 1. The molecule has 1 rings (SSSR count). The van der Waals surface area contributed by atoms with E-state index in [1.807, 2.05) is 13.8 Å². The van der Waals surface area contributed by atoms with E-state index in [2.05, 4.69) is 4.98 Å². The van der Waals surface area contributed by atoms with Crippen LogP contribution in [0, 0.1) is 13.8 Å². The lowest BCUT2D eigenvalue weighted by Gasteiger charge is -2.01. The number of aryl methyl sites for hydroxylation is 3. The van der Waals surface area contributed by atoms with Crippen LogP contribution in [-0.4, -0.2) is 16.1 Å². The Labute approximate surface area is 115 Å². The first-order valence-corrected chi connectivity index (χ1v) is 7.24. The lowest BCUT2D eigenvalue weighted by atomic mass is 10.1. The van der Waals surface area contributed by atoms with Crippen molar-refractivity contribution >= 4 is 5.97 Å². The largest absolute Gasteiger partial charge is 0.481 e. The SMILES string of the molecule is Cc1nc(CCCCCCCCCC(=O)O)c(C)o1. The lowest BCUT2D eigenvalue weighted by molar-refractivity contribution is -0.137. The van der Waals surface area contributed by atoms with Crippen molar-refractivity contribution in [3.05, 3.63) is 17.3 Å². The third-order valence-corrected chi connectivity index (χ3v) is 3.30. The second-order valence-corrected chi connectivity index (χ2v) is 5.10. The Morgan fingerprint density at radius 2 is 1.63 bits per heavy atom. The molecular weight excluding hydrogens is 242 g/mol. The minimum Gasteiger partial charge on any atom is -0.481 e. The highest BCUT2D eigenvalue weighted by Gasteiger charge is 2.05. The summed E-state index contributed by atoms with van der Waals surface area (Å²) in [6, 6.07) is 0. The van der Waals surface area contributed by atoms with Crippen molar-refractivity contribution in [3.63, 3.8) is 0 Å². The Kier molecular flexibility index (Phi) is 7.23. The van der Waals surface area contributed by atoms with Gasteiger partial charge in [-0.05, 0) is 26.2 Å². The summed E-state index contributed by atoms with van der Waals surface area (Å²) in [5, 5.41) is 8.50. The number of nitrogens with zero attached hydrogens (tertiary/aromatic N) is 1. The first kappa shape index (κ1) is 15.7. The number of oxazole rings is 1. The van der Waals surface area contributed by atoms with E-state index in [0.29, 0.717) is 6.42 Å². The van der Waals surface area contributed by atoms with Crippen LogP contribution in [0.3, 0.4) is 0 Å². The first-order valence-electron chi connectivity index (χ1n) is 7.24. The van der Waals surface area contributed by atoms with Crippen LogP contribution in [0.15, 0.2) is 4.42 Å². The molecule has 1 aromatic heterocycles. The molecule has 1 heterocycles. The third-order valence-electron chi connectivity index (χ3n) is 3.30. The predicted molar refractivity (Wildman–Crippen MR) is 74.3 cm³/mol. The molecule has 0 saturated carbocycles. The molecule has 108 valence electrons. The Bertz CT molecular complexity index is 385. The molecule has 0 spiro atoms. The highest BCUT2D eigenvalue weighted by Crippen LogP contribution is 2.14. The summed E-state index contributed by atoms with van der Waals surface area (Å²) in [5.41, 5.74) is 1.10. The normalized spacial score (nSPS) is 10.8. The summed E-state index contributed by atoms with van der Waals surface area (Å²) in [6.45, 7) is 3.85. The first-order chi connectivity index (χ1) is 9.09. The fraction of sp³-hybridized carbons (Fsp3) is 0.733. The molecule has 0 atom stereocenters. The number of carbonyl (C=O) groups is 1. The number of hydrogen-bond acceptors (Lipinski definition) is 3. The fourth-order valence-electron chi connectivity index (χ4n) is 2.26. The molecule has 1 N–H and O–H groups in total. The summed E-state index contributed by atoms with van der Waals surface area (Å²) in [7, 11) is 0. The van der Waals surface area contributed by atoms with Crippen molar-refractivity contribution < 1.29 is 14.3 Å². The Morgan fingerprint density at radius 3 is 2.16 bits per heavy atom. The topological polar surface area (TPSA) is 63.3 Å². The molecule has 0 aliphatic rings. The summed E-state index contributed by atoms with van der Waals surface area (Å²) in [6.07, 6.45) is 9.11. The Hall–Kier alpha value is -1.32. The van der Waals surface area contributed by atoms with Gasteiger partial charge in [-0.25, -0.2) is 4.98 Å². The molecule has 0 aliphatic heterocycles. The van der Waals surface area contributed by atoms with Gasteiger partial charge < -0.3 is 9.52 Å². The fourth-order valence-corrected chi connectivity index (χ4v) is 2.26. The average Bonchev–Trinajstić information content (AvgIpc) is 2.65. The summed E-state index contributed by atoms with van der Waals surface area (Å²) in [4.78, 5) is 14.7. The number of rotatable bonds is 10. The lowest BCUT2D eigenvalue weighted by Crippen LogP contribution is -1.93. The number of aromatic nitrogens is 1. The van der Waals surface area contributed by atoms with Crippen LogP contribution in [0.4, 0.5) is 0 Å². The van der Waals surface area contributed by atoms with Crippen LogP contribution >= 0.6 is 0 Å². The molecule has 0 fully saturated rings. The summed E-state index contributed by atoms with van der Waals surface area (Å²) >= 11 is 0. The molecule has 0 saturated heterocycles. The van der Waals surface area contributed by atoms with E-state index in [0.717, 1.165) is 49.4 Å². The average molecular weight is 267 g/mol. The molecule has 0 bridgehead atoms. The Morgan fingerprint density at radius 1 is 1.05 bits per heavy atom. The van der Waals surface area contributed by atoms with Gasteiger partial charge in [-0.3, -0.25) is 4.79 Å². The molecule has 0 unspecified atom stereocenters. The zero-order valence-corrected chi connectivity index (χ0v) is 12.1. The van der Waals surface area contributed by atoms with E-state index in [9.17, 15) is 4.79 Å². The monoisotopic (exact) mass is 267 g/mol. The molecule has 1 aromatic rings. The highest BCUT2D eigenvalue weighted by molar-refractivity contribution is 5.66. The zero-order chi connectivity index (χ0) is 14.1. The quantitative estimate of drug-likeness (QED) is 0.650. The minimum atomic E-state index is -0.682. The van der Waals surface area contributed by atoms with Gasteiger partial charge in [-0.1, -0.05) is 32.1 Å². The highest BCUT2D eigenvalue weighted by atomic mass is 16.4. The maximum absolute atomic E-state index is 10.3. The van der Waals surface area contributed by atoms with Gasteiger partial charge in [-0.15, -0.1) is 0 Å². The van der Waals surface area contributed by atoms with Crippen molar-refractivity contribution in [1.29, 1.82) is 0 Å². The van der Waals surface area contributed by atoms with Crippen LogP contribution in [0.5, 0.6) is 0 Å². The minimum absolute atomic E-state index is 0.310. The van der Waals surface area contributed by atoms with Crippen LogP contribution in [-0.2, 0) is 11.2 Å². The van der Waals surface area contributed by atoms with Crippen LogP contribution < -0.4 is 0 Å². The predicted octanol–water partition coefficient (Wildman–Crippen LogP) is 4.04. The molecule has 0 amide bonds. The number of unbranched alkanes of at least 4 members (excludes halogenated alkanes) is 6.